The van der Waals surface area contributed by atoms with Crippen molar-refractivity contribution in [2.75, 3.05) is 33.2 Å². The fourth-order valence-electron chi connectivity index (χ4n) is 2.24. The maximum absolute atomic E-state index is 12.6. The van der Waals surface area contributed by atoms with Crippen LogP contribution in [0, 0.1) is 10.8 Å². The van der Waals surface area contributed by atoms with Crippen LogP contribution in [-0.2, 0) is 9.59 Å². The molecule has 1 rings (SSSR count). The predicted molar refractivity (Wildman–Crippen MR) is 76.9 cm³/mol. The van der Waals surface area contributed by atoms with E-state index in [-0.39, 0.29) is 16.7 Å². The van der Waals surface area contributed by atoms with Gasteiger partial charge in [0.2, 0.25) is 5.91 Å². The van der Waals surface area contributed by atoms with Gasteiger partial charge in [-0.15, -0.1) is 0 Å². The number of hydrogen-bond donors (Lipinski definition) is 0. The van der Waals surface area contributed by atoms with Crippen molar-refractivity contribution < 1.29 is 9.59 Å². The minimum absolute atomic E-state index is 0.224. The van der Waals surface area contributed by atoms with Crippen LogP contribution in [0.5, 0.6) is 0 Å². The fraction of sp³-hybridized carbons (Fsp3) is 0.867. The zero-order valence-corrected chi connectivity index (χ0v) is 13.0. The lowest BCUT2D eigenvalue weighted by molar-refractivity contribution is -0.143. The van der Waals surface area contributed by atoms with E-state index >= 15 is 0 Å². The van der Waals surface area contributed by atoms with Gasteiger partial charge in [-0.1, -0.05) is 27.7 Å². The molecule has 0 aromatic carbocycles. The van der Waals surface area contributed by atoms with Gasteiger partial charge in [0.25, 0.3) is 0 Å². The van der Waals surface area contributed by atoms with Crippen molar-refractivity contribution in [2.45, 2.75) is 40.5 Å². The Morgan fingerprint density at radius 3 is 2.05 bits per heavy atom. The molecule has 1 heterocycles. The molecular weight excluding hydrogens is 240 g/mol. The SMILES string of the molecule is CN1CCN(C(=O)C(C)(C)CCC(C)(C)C=O)CC1. The number of aldehydes is 1. The molecule has 0 aliphatic carbocycles. The number of piperazine rings is 1. The highest BCUT2D eigenvalue weighted by Gasteiger charge is 2.34. The third kappa shape index (κ3) is 4.60. The molecule has 0 N–H and O–H groups in total. The topological polar surface area (TPSA) is 40.6 Å². The van der Waals surface area contributed by atoms with Crippen LogP contribution < -0.4 is 0 Å². The average molecular weight is 268 g/mol. The molecule has 0 aromatic heterocycles. The van der Waals surface area contributed by atoms with Crippen molar-refractivity contribution in [3.05, 3.63) is 0 Å². The summed E-state index contributed by atoms with van der Waals surface area (Å²) in [6.07, 6.45) is 2.50. The molecule has 4 heteroatoms. The lowest BCUT2D eigenvalue weighted by atomic mass is 9.79. The molecule has 110 valence electrons. The minimum atomic E-state index is -0.379. The Morgan fingerprint density at radius 2 is 1.58 bits per heavy atom. The van der Waals surface area contributed by atoms with Crippen LogP contribution in [0.3, 0.4) is 0 Å². The molecule has 0 saturated carbocycles. The summed E-state index contributed by atoms with van der Waals surface area (Å²) in [7, 11) is 2.08. The van der Waals surface area contributed by atoms with Crippen LogP contribution in [-0.4, -0.2) is 55.2 Å². The van der Waals surface area contributed by atoms with E-state index in [1.165, 1.54) is 0 Å². The van der Waals surface area contributed by atoms with E-state index in [0.29, 0.717) is 0 Å². The third-order valence-electron chi connectivity index (χ3n) is 4.08. The van der Waals surface area contributed by atoms with Crippen molar-refractivity contribution in [3.8, 4) is 0 Å². The molecule has 0 bridgehead atoms. The second-order valence-corrected chi connectivity index (χ2v) is 7.09. The van der Waals surface area contributed by atoms with Crippen LogP contribution in [0.2, 0.25) is 0 Å². The van der Waals surface area contributed by atoms with E-state index in [9.17, 15) is 9.59 Å². The Labute approximate surface area is 117 Å². The summed E-state index contributed by atoms with van der Waals surface area (Å²) in [6.45, 7) is 11.4. The van der Waals surface area contributed by atoms with Crippen LogP contribution in [0.25, 0.3) is 0 Å². The second kappa shape index (κ2) is 6.04. The van der Waals surface area contributed by atoms with Crippen LogP contribution in [0.15, 0.2) is 0 Å². The quantitative estimate of drug-likeness (QED) is 0.714. The number of hydrogen-bond acceptors (Lipinski definition) is 3. The Morgan fingerprint density at radius 1 is 1.05 bits per heavy atom. The summed E-state index contributed by atoms with van der Waals surface area (Å²) in [5.74, 6) is 0.224. The first-order valence-corrected chi connectivity index (χ1v) is 7.12. The van der Waals surface area contributed by atoms with Gasteiger partial charge in [-0.05, 0) is 19.9 Å². The van der Waals surface area contributed by atoms with E-state index in [1.807, 2.05) is 32.6 Å². The van der Waals surface area contributed by atoms with E-state index in [1.54, 1.807) is 0 Å². The molecule has 1 amide bonds. The van der Waals surface area contributed by atoms with Gasteiger partial charge in [-0.2, -0.15) is 0 Å². The molecule has 1 fully saturated rings. The normalized spacial score (nSPS) is 18.5. The molecule has 0 atom stereocenters. The molecule has 1 saturated heterocycles. The first kappa shape index (κ1) is 16.2. The van der Waals surface area contributed by atoms with Gasteiger partial charge in [0, 0.05) is 37.0 Å². The molecule has 19 heavy (non-hydrogen) atoms. The lowest BCUT2D eigenvalue weighted by Gasteiger charge is -2.38. The van der Waals surface area contributed by atoms with Gasteiger partial charge >= 0.3 is 0 Å². The molecule has 0 aromatic rings. The summed E-state index contributed by atoms with van der Waals surface area (Å²) >= 11 is 0. The fourth-order valence-corrected chi connectivity index (χ4v) is 2.24. The number of amides is 1. The summed E-state index contributed by atoms with van der Waals surface area (Å²) < 4.78 is 0. The van der Waals surface area contributed by atoms with Crippen LogP contribution in [0.1, 0.15) is 40.5 Å². The van der Waals surface area contributed by atoms with Crippen molar-refractivity contribution >= 4 is 12.2 Å². The summed E-state index contributed by atoms with van der Waals surface area (Å²) in [6, 6.07) is 0. The Balaban J connectivity index is 2.56. The van der Waals surface area contributed by atoms with Gasteiger partial charge < -0.3 is 14.6 Å². The molecule has 1 aliphatic rings. The zero-order valence-electron chi connectivity index (χ0n) is 13.0. The smallest absolute Gasteiger partial charge is 0.228 e. The zero-order chi connectivity index (χ0) is 14.7. The molecule has 0 spiro atoms. The monoisotopic (exact) mass is 268 g/mol. The number of carbonyl (C=O) groups excluding carboxylic acids is 2. The molecule has 0 unspecified atom stereocenters. The van der Waals surface area contributed by atoms with Crippen molar-refractivity contribution in [2.24, 2.45) is 10.8 Å². The largest absolute Gasteiger partial charge is 0.340 e. The number of nitrogens with zero attached hydrogens (tertiary/aromatic N) is 2. The van der Waals surface area contributed by atoms with Crippen molar-refractivity contribution in [3.63, 3.8) is 0 Å². The molecule has 1 aliphatic heterocycles. The maximum atomic E-state index is 12.6. The third-order valence-corrected chi connectivity index (χ3v) is 4.08. The van der Waals surface area contributed by atoms with Gasteiger partial charge in [0.05, 0.1) is 0 Å². The maximum Gasteiger partial charge on any atom is 0.228 e. The second-order valence-electron chi connectivity index (χ2n) is 7.09. The number of carbonyl (C=O) groups is 2. The lowest BCUT2D eigenvalue weighted by Crippen LogP contribution is -2.51. The van der Waals surface area contributed by atoms with E-state index in [0.717, 1.165) is 45.3 Å². The highest BCUT2D eigenvalue weighted by atomic mass is 16.2. The Kier molecular flexibility index (Phi) is 5.13. The summed E-state index contributed by atoms with van der Waals surface area (Å²) in [4.78, 5) is 27.7. The van der Waals surface area contributed by atoms with Gasteiger partial charge in [-0.25, -0.2) is 0 Å². The highest BCUT2D eigenvalue weighted by molar-refractivity contribution is 5.82. The van der Waals surface area contributed by atoms with Crippen LogP contribution in [0.4, 0.5) is 0 Å². The van der Waals surface area contributed by atoms with Gasteiger partial charge in [-0.3, -0.25) is 4.79 Å². The van der Waals surface area contributed by atoms with E-state index in [2.05, 4.69) is 11.9 Å². The summed E-state index contributed by atoms with van der Waals surface area (Å²) in [5, 5.41) is 0. The predicted octanol–water partition coefficient (Wildman–Crippen LogP) is 1.79. The molecule has 0 radical (unpaired) electrons. The van der Waals surface area contributed by atoms with E-state index in [4.69, 9.17) is 0 Å². The average Bonchev–Trinajstić information content (AvgIpc) is 2.37. The molecule has 4 nitrogen and oxygen atoms in total. The standard InChI is InChI=1S/C15H28N2O2/c1-14(2,12-18)6-7-15(3,4)13(19)17-10-8-16(5)9-11-17/h12H,6-11H2,1-5H3. The van der Waals surface area contributed by atoms with Gasteiger partial charge in [0.1, 0.15) is 6.29 Å². The first-order valence-electron chi connectivity index (χ1n) is 7.12. The van der Waals surface area contributed by atoms with Crippen molar-refractivity contribution in [1.29, 1.82) is 0 Å². The van der Waals surface area contributed by atoms with Crippen molar-refractivity contribution in [1.82, 2.24) is 9.80 Å². The Bertz CT molecular complexity index is 329. The van der Waals surface area contributed by atoms with Gasteiger partial charge in [0.15, 0.2) is 0 Å². The van der Waals surface area contributed by atoms with Crippen LogP contribution >= 0.6 is 0 Å². The number of likely N-dealkylation sites (N-methyl/N-ethyl adjacent to an activating group) is 1. The summed E-state index contributed by atoms with van der Waals surface area (Å²) in [5.41, 5.74) is -0.712. The molecular formula is C15H28N2O2. The minimum Gasteiger partial charge on any atom is -0.340 e. The number of rotatable bonds is 5. The highest BCUT2D eigenvalue weighted by Crippen LogP contribution is 2.31. The Hall–Kier alpha value is -0.900. The van der Waals surface area contributed by atoms with E-state index < -0.39 is 0 Å². The first-order chi connectivity index (χ1) is 8.68.